The predicted octanol–water partition coefficient (Wildman–Crippen LogP) is 2.29. The van der Waals surface area contributed by atoms with E-state index in [1.54, 1.807) is 6.92 Å². The standard InChI is InChI=1S/C16H17ClF3N3O2/c1-8-21-12(7-13(24)22-8)14(25)23-15(4-5-15)10-3-2-9(6-11(10)17)16(18,19)20/h2-3,6,8,12,21H,4-5,7H2,1H3,(H,22,24)(H,23,25). The number of amides is 2. The maximum atomic E-state index is 12.8. The molecule has 1 aromatic rings. The normalized spacial score (nSPS) is 25.2. The highest BCUT2D eigenvalue weighted by Crippen LogP contribution is 2.49. The van der Waals surface area contributed by atoms with Gasteiger partial charge in [-0.15, -0.1) is 0 Å². The molecule has 0 radical (unpaired) electrons. The zero-order valence-corrected chi connectivity index (χ0v) is 14.1. The van der Waals surface area contributed by atoms with Crippen molar-refractivity contribution in [1.29, 1.82) is 0 Å². The van der Waals surface area contributed by atoms with Crippen molar-refractivity contribution in [3.05, 3.63) is 34.3 Å². The van der Waals surface area contributed by atoms with E-state index in [4.69, 9.17) is 11.6 Å². The van der Waals surface area contributed by atoms with E-state index < -0.39 is 23.3 Å². The van der Waals surface area contributed by atoms with Crippen LogP contribution in [0, 0.1) is 0 Å². The summed E-state index contributed by atoms with van der Waals surface area (Å²) in [6.45, 7) is 1.72. The molecule has 0 aromatic heterocycles. The molecular weight excluding hydrogens is 359 g/mol. The van der Waals surface area contributed by atoms with Crippen molar-refractivity contribution in [2.24, 2.45) is 0 Å². The fourth-order valence-corrected chi connectivity index (χ4v) is 3.41. The largest absolute Gasteiger partial charge is 0.416 e. The van der Waals surface area contributed by atoms with E-state index in [2.05, 4.69) is 16.0 Å². The van der Waals surface area contributed by atoms with Crippen LogP contribution in [-0.2, 0) is 21.3 Å². The van der Waals surface area contributed by atoms with Gasteiger partial charge in [-0.05, 0) is 37.5 Å². The molecule has 3 N–H and O–H groups in total. The highest BCUT2D eigenvalue weighted by Gasteiger charge is 2.48. The van der Waals surface area contributed by atoms with Crippen LogP contribution in [0.25, 0.3) is 0 Å². The molecule has 1 aliphatic heterocycles. The number of alkyl halides is 3. The molecule has 1 aromatic carbocycles. The Labute approximate surface area is 147 Å². The average Bonchev–Trinajstić information content (AvgIpc) is 3.25. The molecule has 25 heavy (non-hydrogen) atoms. The third kappa shape index (κ3) is 3.74. The Morgan fingerprint density at radius 3 is 2.56 bits per heavy atom. The molecule has 1 heterocycles. The lowest BCUT2D eigenvalue weighted by Gasteiger charge is -2.30. The van der Waals surface area contributed by atoms with Gasteiger partial charge in [0.15, 0.2) is 0 Å². The maximum absolute atomic E-state index is 12.8. The van der Waals surface area contributed by atoms with E-state index in [9.17, 15) is 22.8 Å². The topological polar surface area (TPSA) is 70.2 Å². The maximum Gasteiger partial charge on any atom is 0.416 e. The lowest BCUT2D eigenvalue weighted by Crippen LogP contribution is -2.60. The molecule has 0 spiro atoms. The zero-order chi connectivity index (χ0) is 18.4. The molecular formula is C16H17ClF3N3O2. The highest BCUT2D eigenvalue weighted by molar-refractivity contribution is 6.31. The smallest absolute Gasteiger partial charge is 0.345 e. The molecule has 1 saturated heterocycles. The van der Waals surface area contributed by atoms with Crippen molar-refractivity contribution in [2.45, 2.75) is 50.1 Å². The van der Waals surface area contributed by atoms with Gasteiger partial charge < -0.3 is 10.6 Å². The first kappa shape index (κ1) is 18.0. The molecule has 9 heteroatoms. The number of carbonyl (C=O) groups is 2. The van der Waals surface area contributed by atoms with Gasteiger partial charge in [-0.25, -0.2) is 0 Å². The summed E-state index contributed by atoms with van der Waals surface area (Å²) in [4.78, 5) is 24.0. The quantitative estimate of drug-likeness (QED) is 0.759. The van der Waals surface area contributed by atoms with E-state index in [0.29, 0.717) is 18.4 Å². The molecule has 2 aliphatic rings. The van der Waals surface area contributed by atoms with E-state index >= 15 is 0 Å². The second kappa shape index (κ2) is 6.17. The summed E-state index contributed by atoms with van der Waals surface area (Å²) in [5.41, 5.74) is -1.14. The number of hydrogen-bond donors (Lipinski definition) is 3. The Hall–Kier alpha value is -1.80. The van der Waals surface area contributed by atoms with Gasteiger partial charge >= 0.3 is 6.18 Å². The van der Waals surface area contributed by atoms with Crippen LogP contribution in [-0.4, -0.2) is 24.0 Å². The van der Waals surface area contributed by atoms with Crippen LogP contribution < -0.4 is 16.0 Å². The molecule has 136 valence electrons. The van der Waals surface area contributed by atoms with Gasteiger partial charge in [0.25, 0.3) is 0 Å². The molecule has 3 rings (SSSR count). The summed E-state index contributed by atoms with van der Waals surface area (Å²) in [6.07, 6.45) is -3.64. The van der Waals surface area contributed by atoms with Crippen LogP contribution in [0.3, 0.4) is 0 Å². The van der Waals surface area contributed by atoms with Crippen LogP contribution in [0.2, 0.25) is 5.02 Å². The lowest BCUT2D eigenvalue weighted by atomic mass is 10.0. The average molecular weight is 376 g/mol. The van der Waals surface area contributed by atoms with Gasteiger partial charge in [0.1, 0.15) is 0 Å². The summed E-state index contributed by atoms with van der Waals surface area (Å²) in [5.74, 6) is -0.598. The van der Waals surface area contributed by atoms with E-state index in [1.165, 1.54) is 6.07 Å². The molecule has 1 aliphatic carbocycles. The summed E-state index contributed by atoms with van der Waals surface area (Å²) in [7, 11) is 0. The Kier molecular flexibility index (Phi) is 4.45. The Morgan fingerprint density at radius 1 is 1.36 bits per heavy atom. The fourth-order valence-electron chi connectivity index (χ4n) is 3.05. The molecule has 0 bridgehead atoms. The Bertz CT molecular complexity index is 719. The molecule has 2 amide bonds. The minimum atomic E-state index is -4.47. The van der Waals surface area contributed by atoms with E-state index in [-0.39, 0.29) is 29.4 Å². The number of rotatable bonds is 3. The van der Waals surface area contributed by atoms with Crippen LogP contribution in [0.1, 0.15) is 37.3 Å². The van der Waals surface area contributed by atoms with Crippen molar-refractivity contribution in [3.63, 3.8) is 0 Å². The second-order valence-electron chi connectivity index (χ2n) is 6.48. The van der Waals surface area contributed by atoms with Crippen molar-refractivity contribution in [3.8, 4) is 0 Å². The molecule has 5 nitrogen and oxygen atoms in total. The van der Waals surface area contributed by atoms with Crippen LogP contribution in [0.15, 0.2) is 18.2 Å². The van der Waals surface area contributed by atoms with Gasteiger partial charge in [-0.2, -0.15) is 13.2 Å². The van der Waals surface area contributed by atoms with Crippen molar-refractivity contribution in [2.75, 3.05) is 0 Å². The predicted molar refractivity (Wildman–Crippen MR) is 84.7 cm³/mol. The van der Waals surface area contributed by atoms with Crippen molar-refractivity contribution >= 4 is 23.4 Å². The Balaban J connectivity index is 1.77. The number of nitrogens with one attached hydrogen (secondary N) is 3. The van der Waals surface area contributed by atoms with Crippen molar-refractivity contribution in [1.82, 2.24) is 16.0 Å². The summed E-state index contributed by atoms with van der Waals surface area (Å²) < 4.78 is 38.3. The summed E-state index contributed by atoms with van der Waals surface area (Å²) in [5, 5.41) is 8.43. The van der Waals surface area contributed by atoms with Crippen LogP contribution in [0.4, 0.5) is 13.2 Å². The summed E-state index contributed by atoms with van der Waals surface area (Å²) >= 11 is 6.04. The number of carbonyl (C=O) groups excluding carboxylic acids is 2. The first-order valence-electron chi connectivity index (χ1n) is 7.85. The Morgan fingerprint density at radius 2 is 2.04 bits per heavy atom. The first-order valence-corrected chi connectivity index (χ1v) is 8.23. The molecule has 2 fully saturated rings. The minimum absolute atomic E-state index is 0.00694. The van der Waals surface area contributed by atoms with Crippen LogP contribution >= 0.6 is 11.6 Å². The number of halogens is 4. The number of hydrogen-bond acceptors (Lipinski definition) is 3. The van der Waals surface area contributed by atoms with E-state index in [1.807, 2.05) is 0 Å². The minimum Gasteiger partial charge on any atom is -0.345 e. The van der Waals surface area contributed by atoms with Gasteiger partial charge in [-0.3, -0.25) is 14.9 Å². The third-order valence-electron chi connectivity index (χ3n) is 4.46. The lowest BCUT2D eigenvalue weighted by molar-refractivity contribution is -0.137. The zero-order valence-electron chi connectivity index (χ0n) is 13.3. The summed E-state index contributed by atoms with van der Waals surface area (Å²) in [6, 6.07) is 2.45. The monoisotopic (exact) mass is 375 g/mol. The first-order chi connectivity index (χ1) is 11.6. The van der Waals surface area contributed by atoms with Gasteiger partial charge in [0.2, 0.25) is 11.8 Å². The second-order valence-corrected chi connectivity index (χ2v) is 6.88. The van der Waals surface area contributed by atoms with Gasteiger partial charge in [0, 0.05) is 5.02 Å². The van der Waals surface area contributed by atoms with Gasteiger partial charge in [0.05, 0.1) is 29.7 Å². The molecule has 2 atom stereocenters. The number of benzene rings is 1. The van der Waals surface area contributed by atoms with Gasteiger partial charge in [-0.1, -0.05) is 17.7 Å². The molecule has 2 unspecified atom stereocenters. The van der Waals surface area contributed by atoms with Crippen molar-refractivity contribution < 1.29 is 22.8 Å². The fraction of sp³-hybridized carbons (Fsp3) is 0.500. The van der Waals surface area contributed by atoms with E-state index in [0.717, 1.165) is 12.1 Å². The third-order valence-corrected chi connectivity index (χ3v) is 4.77. The highest BCUT2D eigenvalue weighted by atomic mass is 35.5. The van der Waals surface area contributed by atoms with Crippen LogP contribution in [0.5, 0.6) is 0 Å². The molecule has 1 saturated carbocycles. The SMILES string of the molecule is CC1NC(=O)CC(C(=O)NC2(c3ccc(C(F)(F)F)cc3Cl)CC2)N1.